The molecule has 0 saturated heterocycles. The van der Waals surface area contributed by atoms with Gasteiger partial charge in [-0.3, -0.25) is 0 Å². The van der Waals surface area contributed by atoms with Crippen molar-refractivity contribution in [1.82, 2.24) is 14.9 Å². The fourth-order valence-electron chi connectivity index (χ4n) is 2.09. The van der Waals surface area contributed by atoms with Gasteiger partial charge in [0.25, 0.3) is 0 Å². The molecule has 2 aromatic carbocycles. The molecule has 0 fully saturated rings. The molecule has 25 heavy (non-hydrogen) atoms. The van der Waals surface area contributed by atoms with Gasteiger partial charge in [-0.05, 0) is 48.6 Å². The maximum atomic E-state index is 12.2. The van der Waals surface area contributed by atoms with Crippen LogP contribution >= 0.6 is 12.2 Å². The van der Waals surface area contributed by atoms with Crippen LogP contribution in [0.3, 0.4) is 0 Å². The molecular weight excluding hydrogens is 350 g/mol. The molecule has 0 saturated carbocycles. The Morgan fingerprint density at radius 3 is 2.60 bits per heavy atom. The number of H-pyrrole nitrogens is 1. The van der Waals surface area contributed by atoms with Gasteiger partial charge < -0.3 is 9.84 Å². The smallest absolute Gasteiger partial charge is 0.387 e. The van der Waals surface area contributed by atoms with Crippen molar-refractivity contribution in [1.29, 1.82) is 0 Å². The van der Waals surface area contributed by atoms with Crippen LogP contribution in [-0.2, 0) is 0 Å². The van der Waals surface area contributed by atoms with E-state index in [4.69, 9.17) is 12.2 Å². The minimum Gasteiger partial charge on any atom is -0.507 e. The van der Waals surface area contributed by atoms with Crippen molar-refractivity contribution < 1.29 is 18.6 Å². The predicted molar refractivity (Wildman–Crippen MR) is 90.6 cm³/mol. The Kier molecular flexibility index (Phi) is 4.85. The number of nitrogens with one attached hydrogen (secondary N) is 1. The average molecular weight is 362 g/mol. The number of aromatic nitrogens is 3. The van der Waals surface area contributed by atoms with Gasteiger partial charge in [0, 0.05) is 11.1 Å². The average Bonchev–Trinajstić information content (AvgIpc) is 2.95. The second-order valence-electron chi connectivity index (χ2n) is 4.87. The van der Waals surface area contributed by atoms with E-state index in [1.165, 1.54) is 23.0 Å². The summed E-state index contributed by atoms with van der Waals surface area (Å²) in [7, 11) is 0. The van der Waals surface area contributed by atoms with E-state index in [0.29, 0.717) is 17.0 Å². The number of nitrogens with zero attached hydrogens (tertiary/aromatic N) is 3. The van der Waals surface area contributed by atoms with Gasteiger partial charge in [-0.2, -0.15) is 23.7 Å². The fourth-order valence-corrected chi connectivity index (χ4v) is 2.27. The molecule has 0 unspecified atom stereocenters. The predicted octanol–water partition coefficient (Wildman–Crippen LogP) is 3.80. The number of halogens is 2. The van der Waals surface area contributed by atoms with Crippen molar-refractivity contribution in [3.8, 4) is 22.9 Å². The third kappa shape index (κ3) is 3.89. The van der Waals surface area contributed by atoms with Crippen molar-refractivity contribution in [2.24, 2.45) is 5.10 Å². The number of aromatic amines is 1. The molecule has 3 rings (SSSR count). The molecule has 1 heterocycles. The number of phenols is 1. The number of hydrogen-bond acceptors (Lipinski definition) is 5. The minimum absolute atomic E-state index is 0.0390. The van der Waals surface area contributed by atoms with Crippen LogP contribution in [0.25, 0.3) is 11.4 Å². The lowest BCUT2D eigenvalue weighted by molar-refractivity contribution is -0.0498. The van der Waals surface area contributed by atoms with Crippen LogP contribution in [0.15, 0.2) is 53.6 Å². The quantitative estimate of drug-likeness (QED) is 0.535. The van der Waals surface area contributed by atoms with Crippen LogP contribution in [0.2, 0.25) is 0 Å². The monoisotopic (exact) mass is 362 g/mol. The molecule has 0 aliphatic carbocycles. The summed E-state index contributed by atoms with van der Waals surface area (Å²) in [5, 5.41) is 20.7. The third-order valence-corrected chi connectivity index (χ3v) is 3.50. The van der Waals surface area contributed by atoms with Gasteiger partial charge in [0.2, 0.25) is 4.77 Å². The Hall–Kier alpha value is -3.07. The van der Waals surface area contributed by atoms with Crippen molar-refractivity contribution in [2.45, 2.75) is 6.61 Å². The summed E-state index contributed by atoms with van der Waals surface area (Å²) in [6.07, 6.45) is 1.44. The molecule has 0 spiro atoms. The van der Waals surface area contributed by atoms with E-state index in [0.717, 1.165) is 0 Å². The molecule has 0 radical (unpaired) electrons. The summed E-state index contributed by atoms with van der Waals surface area (Å²) in [6, 6.07) is 12.6. The van der Waals surface area contributed by atoms with Crippen LogP contribution in [0, 0.1) is 4.77 Å². The van der Waals surface area contributed by atoms with E-state index in [1.807, 2.05) is 0 Å². The first-order valence-electron chi connectivity index (χ1n) is 7.09. The highest BCUT2D eigenvalue weighted by Gasteiger charge is 2.10. The second-order valence-corrected chi connectivity index (χ2v) is 5.26. The number of aromatic hydroxyl groups is 1. The molecule has 2 N–H and O–H groups in total. The molecular formula is C16H12F2N4O2S. The highest BCUT2D eigenvalue weighted by Crippen LogP contribution is 2.22. The van der Waals surface area contributed by atoms with Gasteiger partial charge >= 0.3 is 6.61 Å². The summed E-state index contributed by atoms with van der Waals surface area (Å²) in [4.78, 5) is 0. The number of rotatable bonds is 5. The Labute approximate surface area is 146 Å². The fraction of sp³-hybridized carbons (Fsp3) is 0.0625. The van der Waals surface area contributed by atoms with Crippen LogP contribution in [0.4, 0.5) is 8.78 Å². The molecule has 0 amide bonds. The molecule has 0 atom stereocenters. The first-order valence-corrected chi connectivity index (χ1v) is 7.50. The number of alkyl halides is 2. The Balaban J connectivity index is 1.92. The maximum Gasteiger partial charge on any atom is 0.387 e. The van der Waals surface area contributed by atoms with Crippen molar-refractivity contribution in [3.63, 3.8) is 0 Å². The number of para-hydroxylation sites is 1. The van der Waals surface area contributed by atoms with Gasteiger partial charge in [0.05, 0.1) is 6.21 Å². The van der Waals surface area contributed by atoms with E-state index in [-0.39, 0.29) is 16.3 Å². The maximum absolute atomic E-state index is 12.2. The molecule has 1 aromatic heterocycles. The number of hydrogen-bond donors (Lipinski definition) is 2. The Morgan fingerprint density at radius 2 is 1.92 bits per heavy atom. The molecule has 128 valence electrons. The zero-order valence-electron chi connectivity index (χ0n) is 12.6. The lowest BCUT2D eigenvalue weighted by atomic mass is 10.2. The topological polar surface area (TPSA) is 75.4 Å². The van der Waals surface area contributed by atoms with Gasteiger partial charge in [0.1, 0.15) is 11.5 Å². The molecule has 0 aliphatic rings. The SMILES string of the molecule is Oc1ccccc1/C=N/n1c(-c2ccc(OC(F)F)cc2)n[nH]c1=S. The van der Waals surface area contributed by atoms with E-state index >= 15 is 0 Å². The van der Waals surface area contributed by atoms with E-state index < -0.39 is 6.61 Å². The summed E-state index contributed by atoms with van der Waals surface area (Å²) in [6.45, 7) is -2.89. The molecule has 3 aromatic rings. The standard InChI is InChI=1S/C16H12F2N4O2S/c17-15(18)24-12-7-5-10(6-8-12)14-20-21-16(25)22(14)19-9-11-3-1-2-4-13(11)23/h1-9,15,23H,(H,21,25)/b19-9+. The lowest BCUT2D eigenvalue weighted by Crippen LogP contribution is -2.01. The molecule has 9 heteroatoms. The Morgan fingerprint density at radius 1 is 1.20 bits per heavy atom. The molecule has 0 bridgehead atoms. The first-order chi connectivity index (χ1) is 12.0. The van der Waals surface area contributed by atoms with Crippen LogP contribution in [-0.4, -0.2) is 32.8 Å². The van der Waals surface area contributed by atoms with Gasteiger partial charge in [0.15, 0.2) is 5.82 Å². The van der Waals surface area contributed by atoms with E-state index in [1.54, 1.807) is 36.4 Å². The van der Waals surface area contributed by atoms with Gasteiger partial charge in [-0.1, -0.05) is 12.1 Å². The zero-order valence-corrected chi connectivity index (χ0v) is 13.5. The highest BCUT2D eigenvalue weighted by molar-refractivity contribution is 7.71. The third-order valence-electron chi connectivity index (χ3n) is 3.24. The second kappa shape index (κ2) is 7.22. The van der Waals surface area contributed by atoms with E-state index in [2.05, 4.69) is 20.0 Å². The lowest BCUT2D eigenvalue weighted by Gasteiger charge is -2.05. The summed E-state index contributed by atoms with van der Waals surface area (Å²) in [5.41, 5.74) is 1.11. The van der Waals surface area contributed by atoms with Crippen molar-refractivity contribution >= 4 is 18.4 Å². The normalized spacial score (nSPS) is 11.3. The van der Waals surface area contributed by atoms with Gasteiger partial charge in [-0.15, -0.1) is 0 Å². The van der Waals surface area contributed by atoms with E-state index in [9.17, 15) is 13.9 Å². The van der Waals surface area contributed by atoms with Crippen LogP contribution < -0.4 is 4.74 Å². The summed E-state index contributed by atoms with van der Waals surface area (Å²) >= 11 is 5.15. The van der Waals surface area contributed by atoms with Gasteiger partial charge in [-0.25, -0.2) is 5.10 Å². The summed E-state index contributed by atoms with van der Waals surface area (Å²) in [5.74, 6) is 0.508. The van der Waals surface area contributed by atoms with Crippen LogP contribution in [0.5, 0.6) is 11.5 Å². The van der Waals surface area contributed by atoms with Crippen LogP contribution in [0.1, 0.15) is 5.56 Å². The zero-order chi connectivity index (χ0) is 17.8. The minimum atomic E-state index is -2.89. The number of benzene rings is 2. The number of ether oxygens (including phenoxy) is 1. The van der Waals surface area contributed by atoms with Crippen molar-refractivity contribution in [2.75, 3.05) is 0 Å². The first kappa shape index (κ1) is 16.8. The Bertz CT molecular complexity index is 951. The highest BCUT2D eigenvalue weighted by atomic mass is 32.1. The summed E-state index contributed by atoms with van der Waals surface area (Å²) < 4.78 is 30.3. The number of phenolic OH excluding ortho intramolecular Hbond substituents is 1. The largest absolute Gasteiger partial charge is 0.507 e. The molecule has 0 aliphatic heterocycles. The van der Waals surface area contributed by atoms with Crippen molar-refractivity contribution in [3.05, 3.63) is 58.9 Å². The molecule has 6 nitrogen and oxygen atoms in total.